The first-order chi connectivity index (χ1) is 7.92. The van der Waals surface area contributed by atoms with Gasteiger partial charge < -0.3 is 15.7 Å². The van der Waals surface area contributed by atoms with Crippen LogP contribution in [0.2, 0.25) is 5.02 Å². The molecule has 0 aliphatic carbocycles. The zero-order chi connectivity index (χ0) is 12.6. The van der Waals surface area contributed by atoms with Crippen molar-refractivity contribution in [1.29, 1.82) is 0 Å². The number of carbonyl (C=O) groups is 1. The highest BCUT2D eigenvalue weighted by molar-refractivity contribution is 9.10. The van der Waals surface area contributed by atoms with E-state index in [-0.39, 0.29) is 6.54 Å². The number of carboxylic acid groups (broad SMARTS) is 1. The topological polar surface area (TPSA) is 79.5 Å². The predicted molar refractivity (Wildman–Crippen MR) is 68.3 cm³/mol. The van der Waals surface area contributed by atoms with E-state index in [4.69, 9.17) is 22.4 Å². The molecular weight excluding hydrogens is 309 g/mol. The second kappa shape index (κ2) is 4.44. The van der Waals surface area contributed by atoms with E-state index >= 15 is 0 Å². The van der Waals surface area contributed by atoms with Crippen LogP contribution in [0.3, 0.4) is 0 Å². The zero-order valence-electron chi connectivity index (χ0n) is 8.86. The molecule has 0 aromatic carbocycles. The van der Waals surface area contributed by atoms with Gasteiger partial charge in [-0.15, -0.1) is 0 Å². The average Bonchev–Trinajstić information content (AvgIpc) is 2.62. The molecule has 7 heteroatoms. The molecule has 2 rings (SSSR count). The van der Waals surface area contributed by atoms with E-state index in [9.17, 15) is 4.79 Å². The fourth-order valence-electron chi connectivity index (χ4n) is 1.83. The highest BCUT2D eigenvalue weighted by Crippen LogP contribution is 2.31. The number of anilines is 1. The Hall–Kier alpha value is -0.850. The average molecular weight is 321 g/mol. The van der Waals surface area contributed by atoms with Crippen molar-refractivity contribution in [3.05, 3.63) is 21.8 Å². The lowest BCUT2D eigenvalue weighted by Crippen LogP contribution is -2.50. The lowest BCUT2D eigenvalue weighted by Gasteiger charge is -2.21. The molecule has 0 radical (unpaired) electrons. The molecule has 0 bridgehead atoms. The van der Waals surface area contributed by atoms with Crippen molar-refractivity contribution in [3.8, 4) is 0 Å². The minimum Gasteiger partial charge on any atom is -0.480 e. The van der Waals surface area contributed by atoms with Crippen molar-refractivity contribution in [2.45, 2.75) is 12.0 Å². The second-order valence-electron chi connectivity index (χ2n) is 4.09. The van der Waals surface area contributed by atoms with Crippen molar-refractivity contribution in [2.24, 2.45) is 5.73 Å². The van der Waals surface area contributed by atoms with Crippen LogP contribution < -0.4 is 10.6 Å². The van der Waals surface area contributed by atoms with Crippen LogP contribution in [0.4, 0.5) is 5.82 Å². The number of nitrogens with zero attached hydrogens (tertiary/aromatic N) is 2. The summed E-state index contributed by atoms with van der Waals surface area (Å²) < 4.78 is 0.780. The number of carboxylic acids is 1. The van der Waals surface area contributed by atoms with Crippen molar-refractivity contribution in [1.82, 2.24) is 4.98 Å². The monoisotopic (exact) mass is 319 g/mol. The van der Waals surface area contributed by atoms with Crippen LogP contribution in [0.25, 0.3) is 0 Å². The van der Waals surface area contributed by atoms with Gasteiger partial charge >= 0.3 is 5.97 Å². The lowest BCUT2D eigenvalue weighted by atomic mass is 10.0. The maximum absolute atomic E-state index is 11.0. The Morgan fingerprint density at radius 3 is 2.94 bits per heavy atom. The van der Waals surface area contributed by atoms with Gasteiger partial charge in [0.1, 0.15) is 11.4 Å². The molecule has 1 aromatic rings. The van der Waals surface area contributed by atoms with Gasteiger partial charge in [-0.05, 0) is 28.4 Å². The third kappa shape index (κ3) is 2.38. The molecule has 0 saturated carbocycles. The Kier molecular flexibility index (Phi) is 3.29. The molecule has 1 fully saturated rings. The summed E-state index contributed by atoms with van der Waals surface area (Å²) in [6.45, 7) is 0.758. The summed E-state index contributed by atoms with van der Waals surface area (Å²) in [5.41, 5.74) is 4.58. The number of hydrogen-bond donors (Lipinski definition) is 2. The van der Waals surface area contributed by atoms with Gasteiger partial charge in [-0.2, -0.15) is 0 Å². The summed E-state index contributed by atoms with van der Waals surface area (Å²) in [4.78, 5) is 17.0. The maximum Gasteiger partial charge on any atom is 0.325 e. The molecular formula is C10H11BrClN3O2. The van der Waals surface area contributed by atoms with Crippen LogP contribution >= 0.6 is 27.5 Å². The normalized spacial score (nSPS) is 24.1. The number of rotatable bonds is 2. The fourth-order valence-corrected chi connectivity index (χ4v) is 2.58. The van der Waals surface area contributed by atoms with E-state index < -0.39 is 11.5 Å². The SMILES string of the molecule is NC1(C(=O)O)CCN(c2ncc(Br)cc2Cl)C1. The molecule has 5 nitrogen and oxygen atoms in total. The molecule has 0 amide bonds. The van der Waals surface area contributed by atoms with Crippen molar-refractivity contribution >= 4 is 39.3 Å². The first-order valence-electron chi connectivity index (χ1n) is 5.01. The van der Waals surface area contributed by atoms with Crippen LogP contribution in [-0.4, -0.2) is 34.7 Å². The molecule has 92 valence electrons. The summed E-state index contributed by atoms with van der Waals surface area (Å²) in [5.74, 6) is -0.420. The van der Waals surface area contributed by atoms with Gasteiger partial charge in [0, 0.05) is 23.8 Å². The van der Waals surface area contributed by atoms with E-state index in [1.165, 1.54) is 0 Å². The quantitative estimate of drug-likeness (QED) is 0.863. The lowest BCUT2D eigenvalue weighted by molar-refractivity contribution is -0.142. The Morgan fingerprint density at radius 1 is 1.71 bits per heavy atom. The number of aromatic nitrogens is 1. The first-order valence-corrected chi connectivity index (χ1v) is 6.18. The highest BCUT2D eigenvalue weighted by atomic mass is 79.9. The number of nitrogens with two attached hydrogens (primary N) is 1. The van der Waals surface area contributed by atoms with E-state index in [0.29, 0.717) is 23.8 Å². The minimum atomic E-state index is -1.21. The van der Waals surface area contributed by atoms with Crippen LogP contribution in [0, 0.1) is 0 Å². The summed E-state index contributed by atoms with van der Waals surface area (Å²) >= 11 is 9.33. The van der Waals surface area contributed by atoms with E-state index in [1.807, 2.05) is 0 Å². The zero-order valence-corrected chi connectivity index (χ0v) is 11.2. The molecule has 1 aliphatic rings. The Bertz CT molecular complexity index is 471. The van der Waals surface area contributed by atoms with Gasteiger partial charge in [0.15, 0.2) is 0 Å². The largest absolute Gasteiger partial charge is 0.480 e. The van der Waals surface area contributed by atoms with Crippen molar-refractivity contribution in [2.75, 3.05) is 18.0 Å². The predicted octanol–water partition coefficient (Wildman–Crippen LogP) is 1.49. The van der Waals surface area contributed by atoms with Crippen LogP contribution in [0.5, 0.6) is 0 Å². The molecule has 1 aliphatic heterocycles. The standard InChI is InChI=1S/C10H11BrClN3O2/c11-6-3-7(12)8(14-4-6)15-2-1-10(13,5-15)9(16)17/h3-4H,1-2,5,13H2,(H,16,17). The second-order valence-corrected chi connectivity index (χ2v) is 5.41. The summed E-state index contributed by atoms with van der Waals surface area (Å²) in [7, 11) is 0. The van der Waals surface area contributed by atoms with Gasteiger partial charge in [-0.3, -0.25) is 4.79 Å². The Morgan fingerprint density at radius 2 is 2.41 bits per heavy atom. The molecule has 1 saturated heterocycles. The van der Waals surface area contributed by atoms with Gasteiger partial charge in [0.2, 0.25) is 0 Å². The van der Waals surface area contributed by atoms with Crippen molar-refractivity contribution < 1.29 is 9.90 Å². The number of halogens is 2. The summed E-state index contributed by atoms with van der Waals surface area (Å²) in [6.07, 6.45) is 2.01. The van der Waals surface area contributed by atoms with Gasteiger partial charge in [-0.25, -0.2) is 4.98 Å². The summed E-state index contributed by atoms with van der Waals surface area (Å²) in [6, 6.07) is 1.72. The van der Waals surface area contributed by atoms with Crippen LogP contribution in [-0.2, 0) is 4.79 Å². The fraction of sp³-hybridized carbons (Fsp3) is 0.400. The molecule has 1 unspecified atom stereocenters. The smallest absolute Gasteiger partial charge is 0.325 e. The molecule has 0 spiro atoms. The Balaban J connectivity index is 2.24. The highest BCUT2D eigenvalue weighted by Gasteiger charge is 2.42. The number of hydrogen-bond acceptors (Lipinski definition) is 4. The Labute approximate surface area is 112 Å². The van der Waals surface area contributed by atoms with E-state index in [1.54, 1.807) is 17.2 Å². The van der Waals surface area contributed by atoms with Crippen LogP contribution in [0.15, 0.2) is 16.7 Å². The number of aliphatic carboxylic acids is 1. The van der Waals surface area contributed by atoms with E-state index in [0.717, 1.165) is 4.47 Å². The van der Waals surface area contributed by atoms with Crippen molar-refractivity contribution in [3.63, 3.8) is 0 Å². The molecule has 17 heavy (non-hydrogen) atoms. The number of pyridine rings is 1. The van der Waals surface area contributed by atoms with Gasteiger partial charge in [0.25, 0.3) is 0 Å². The van der Waals surface area contributed by atoms with Gasteiger partial charge in [-0.1, -0.05) is 11.6 Å². The minimum absolute atomic E-state index is 0.219. The maximum atomic E-state index is 11.0. The summed E-state index contributed by atoms with van der Waals surface area (Å²) in [5, 5.41) is 9.52. The third-order valence-electron chi connectivity index (χ3n) is 2.81. The third-order valence-corrected chi connectivity index (χ3v) is 3.53. The molecule has 2 heterocycles. The van der Waals surface area contributed by atoms with Crippen LogP contribution in [0.1, 0.15) is 6.42 Å². The molecule has 1 aromatic heterocycles. The van der Waals surface area contributed by atoms with Gasteiger partial charge in [0.05, 0.1) is 5.02 Å². The molecule has 3 N–H and O–H groups in total. The molecule has 1 atom stereocenters. The first kappa shape index (κ1) is 12.6. The van der Waals surface area contributed by atoms with E-state index in [2.05, 4.69) is 20.9 Å².